The van der Waals surface area contributed by atoms with E-state index in [1.54, 1.807) is 6.20 Å². The average Bonchev–Trinajstić information content (AvgIpc) is 3.18. The van der Waals surface area contributed by atoms with Gasteiger partial charge in [-0.1, -0.05) is 13.8 Å². The molecule has 2 fully saturated rings. The molecule has 1 aromatic heterocycles. The standard InChI is InChI=1S/C17H29N3O4S/c1-14(2)11-20-15(12-19-5-8-23-9-6-19)10-18-17(20)25(21,22)13-16-4-3-7-24-16/h10,14,16H,3-9,11-13H2,1-2H3. The summed E-state index contributed by atoms with van der Waals surface area (Å²) in [5, 5.41) is 0.194. The lowest BCUT2D eigenvalue weighted by molar-refractivity contribution is 0.0330. The largest absolute Gasteiger partial charge is 0.379 e. The Morgan fingerprint density at radius 3 is 2.68 bits per heavy atom. The molecule has 0 aromatic carbocycles. The second-order valence-electron chi connectivity index (χ2n) is 7.34. The van der Waals surface area contributed by atoms with Crippen molar-refractivity contribution in [2.24, 2.45) is 5.92 Å². The summed E-state index contributed by atoms with van der Waals surface area (Å²) in [7, 11) is -3.46. The van der Waals surface area contributed by atoms with Gasteiger partial charge in [0.15, 0.2) is 0 Å². The molecule has 142 valence electrons. The minimum absolute atomic E-state index is 0.0269. The fourth-order valence-electron chi connectivity index (χ4n) is 3.41. The highest BCUT2D eigenvalue weighted by molar-refractivity contribution is 7.91. The van der Waals surface area contributed by atoms with E-state index in [1.165, 1.54) is 0 Å². The number of ether oxygens (including phenoxy) is 2. The molecule has 1 atom stereocenters. The molecule has 2 saturated heterocycles. The lowest BCUT2D eigenvalue weighted by Crippen LogP contribution is -2.36. The number of morpholine rings is 1. The number of aromatic nitrogens is 2. The van der Waals surface area contributed by atoms with Crippen molar-refractivity contribution in [1.82, 2.24) is 14.5 Å². The van der Waals surface area contributed by atoms with Gasteiger partial charge in [-0.05, 0) is 18.8 Å². The van der Waals surface area contributed by atoms with E-state index in [1.807, 2.05) is 4.57 Å². The van der Waals surface area contributed by atoms with Crippen LogP contribution >= 0.6 is 0 Å². The predicted octanol–water partition coefficient (Wildman–Crippen LogP) is 1.32. The highest BCUT2D eigenvalue weighted by atomic mass is 32.2. The molecule has 0 N–H and O–H groups in total. The van der Waals surface area contributed by atoms with Gasteiger partial charge in [0, 0.05) is 32.8 Å². The molecule has 8 heteroatoms. The van der Waals surface area contributed by atoms with E-state index >= 15 is 0 Å². The number of hydrogen-bond donors (Lipinski definition) is 0. The van der Waals surface area contributed by atoms with Crippen LogP contribution in [0.3, 0.4) is 0 Å². The first kappa shape index (κ1) is 18.8. The van der Waals surface area contributed by atoms with Gasteiger partial charge in [0.05, 0.1) is 37.0 Å². The summed E-state index contributed by atoms with van der Waals surface area (Å²) in [6.07, 6.45) is 3.27. The molecule has 2 aliphatic rings. The van der Waals surface area contributed by atoms with E-state index in [9.17, 15) is 8.42 Å². The lowest BCUT2D eigenvalue weighted by atomic mass is 10.2. The van der Waals surface area contributed by atoms with Gasteiger partial charge in [0.2, 0.25) is 15.0 Å². The molecule has 0 saturated carbocycles. The fraction of sp³-hybridized carbons (Fsp3) is 0.824. The first-order valence-electron chi connectivity index (χ1n) is 9.14. The van der Waals surface area contributed by atoms with Gasteiger partial charge in [-0.15, -0.1) is 0 Å². The summed E-state index contributed by atoms with van der Waals surface area (Å²) in [4.78, 5) is 6.60. The summed E-state index contributed by atoms with van der Waals surface area (Å²) in [5.74, 6) is 0.369. The predicted molar refractivity (Wildman–Crippen MR) is 94.2 cm³/mol. The van der Waals surface area contributed by atoms with E-state index in [2.05, 4.69) is 23.7 Å². The van der Waals surface area contributed by atoms with Crippen LogP contribution in [0.4, 0.5) is 0 Å². The minimum Gasteiger partial charge on any atom is -0.379 e. The number of nitrogens with zero attached hydrogens (tertiary/aromatic N) is 3. The van der Waals surface area contributed by atoms with E-state index in [4.69, 9.17) is 9.47 Å². The molecule has 7 nitrogen and oxygen atoms in total. The van der Waals surface area contributed by atoms with Gasteiger partial charge in [0.25, 0.3) is 0 Å². The normalized spacial score (nSPS) is 22.8. The minimum atomic E-state index is -3.46. The van der Waals surface area contributed by atoms with Crippen LogP contribution in [0.25, 0.3) is 0 Å². The monoisotopic (exact) mass is 371 g/mol. The molecular formula is C17H29N3O4S. The quantitative estimate of drug-likeness (QED) is 0.720. The molecule has 2 aliphatic heterocycles. The number of hydrogen-bond acceptors (Lipinski definition) is 6. The van der Waals surface area contributed by atoms with Crippen molar-refractivity contribution in [3.05, 3.63) is 11.9 Å². The Hall–Kier alpha value is -0.960. The molecule has 0 spiro atoms. The van der Waals surface area contributed by atoms with Gasteiger partial charge >= 0.3 is 0 Å². The maximum Gasteiger partial charge on any atom is 0.227 e. The highest BCUT2D eigenvalue weighted by Gasteiger charge is 2.30. The molecule has 1 unspecified atom stereocenters. The van der Waals surface area contributed by atoms with Crippen molar-refractivity contribution in [2.45, 2.75) is 51.0 Å². The highest BCUT2D eigenvalue weighted by Crippen LogP contribution is 2.21. The summed E-state index contributed by atoms with van der Waals surface area (Å²) < 4.78 is 38.6. The lowest BCUT2D eigenvalue weighted by Gasteiger charge is -2.27. The summed E-state index contributed by atoms with van der Waals surface area (Å²) in [6, 6.07) is 0. The number of rotatable bonds is 7. The Balaban J connectivity index is 1.82. The van der Waals surface area contributed by atoms with Crippen LogP contribution in [-0.2, 0) is 32.4 Å². The molecule has 0 radical (unpaired) electrons. The van der Waals surface area contributed by atoms with Crippen molar-refractivity contribution in [3.63, 3.8) is 0 Å². The molecule has 0 aliphatic carbocycles. The van der Waals surface area contributed by atoms with Gasteiger partial charge in [0.1, 0.15) is 0 Å². The van der Waals surface area contributed by atoms with Crippen LogP contribution in [0.15, 0.2) is 11.4 Å². The first-order valence-corrected chi connectivity index (χ1v) is 10.8. The molecule has 3 rings (SSSR count). The fourth-order valence-corrected chi connectivity index (χ4v) is 5.05. The Labute approximate surface area is 150 Å². The van der Waals surface area contributed by atoms with Crippen molar-refractivity contribution >= 4 is 9.84 Å². The van der Waals surface area contributed by atoms with Crippen LogP contribution in [0.2, 0.25) is 0 Å². The third-order valence-electron chi connectivity index (χ3n) is 4.65. The summed E-state index contributed by atoms with van der Waals surface area (Å²) in [6.45, 7) is 9.38. The maximum atomic E-state index is 12.9. The van der Waals surface area contributed by atoms with Gasteiger partial charge < -0.3 is 14.0 Å². The van der Waals surface area contributed by atoms with E-state index < -0.39 is 9.84 Å². The maximum absolute atomic E-state index is 12.9. The third-order valence-corrected chi connectivity index (χ3v) is 6.34. The second kappa shape index (κ2) is 8.16. The Kier molecular flexibility index (Phi) is 6.14. The molecular weight excluding hydrogens is 342 g/mol. The van der Waals surface area contributed by atoms with E-state index in [0.717, 1.165) is 44.8 Å². The summed E-state index contributed by atoms with van der Waals surface area (Å²) >= 11 is 0. The van der Waals surface area contributed by atoms with Crippen LogP contribution in [0, 0.1) is 5.92 Å². The SMILES string of the molecule is CC(C)Cn1c(CN2CCOCC2)cnc1S(=O)(=O)CC1CCCO1. The smallest absolute Gasteiger partial charge is 0.227 e. The molecule has 1 aromatic rings. The molecule has 0 amide bonds. The Morgan fingerprint density at radius 2 is 2.04 bits per heavy atom. The number of sulfone groups is 1. The van der Waals surface area contributed by atoms with Gasteiger partial charge in [-0.2, -0.15) is 0 Å². The van der Waals surface area contributed by atoms with Crippen LogP contribution in [0.1, 0.15) is 32.4 Å². The van der Waals surface area contributed by atoms with Crippen LogP contribution in [0.5, 0.6) is 0 Å². The van der Waals surface area contributed by atoms with Crippen molar-refractivity contribution in [1.29, 1.82) is 0 Å². The average molecular weight is 372 g/mol. The van der Waals surface area contributed by atoms with E-state index in [-0.39, 0.29) is 17.0 Å². The summed E-state index contributed by atoms with van der Waals surface area (Å²) in [5.41, 5.74) is 0.960. The molecule has 0 bridgehead atoms. The van der Waals surface area contributed by atoms with E-state index in [0.29, 0.717) is 25.6 Å². The number of imidazole rings is 1. The zero-order valence-corrected chi connectivity index (χ0v) is 16.0. The van der Waals surface area contributed by atoms with Crippen LogP contribution in [-0.4, -0.2) is 67.6 Å². The van der Waals surface area contributed by atoms with Crippen molar-refractivity contribution in [3.8, 4) is 0 Å². The zero-order chi connectivity index (χ0) is 17.9. The molecule has 3 heterocycles. The first-order chi connectivity index (χ1) is 12.0. The second-order valence-corrected chi connectivity index (χ2v) is 9.27. The van der Waals surface area contributed by atoms with Crippen LogP contribution < -0.4 is 0 Å². The zero-order valence-electron chi connectivity index (χ0n) is 15.2. The molecule has 25 heavy (non-hydrogen) atoms. The van der Waals surface area contributed by atoms with Crippen molar-refractivity contribution < 1.29 is 17.9 Å². The van der Waals surface area contributed by atoms with Gasteiger partial charge in [-0.3, -0.25) is 4.90 Å². The Morgan fingerprint density at radius 1 is 1.28 bits per heavy atom. The topological polar surface area (TPSA) is 73.7 Å². The van der Waals surface area contributed by atoms with Crippen molar-refractivity contribution in [2.75, 3.05) is 38.7 Å². The van der Waals surface area contributed by atoms with Gasteiger partial charge in [-0.25, -0.2) is 13.4 Å². The third kappa shape index (κ3) is 4.81. The Bertz CT molecular complexity index is 659.